The molecule has 3 heterocycles. The molecule has 6 heteroatoms. The zero-order chi connectivity index (χ0) is 49.3. The Hall–Kier alpha value is -5.39. The van der Waals surface area contributed by atoms with Crippen LogP contribution in [0.15, 0.2) is 138 Å². The first-order valence-electron chi connectivity index (χ1n) is 24.3. The zero-order valence-corrected chi connectivity index (χ0v) is 37.5. The Balaban J connectivity index is 0.000000258. The van der Waals surface area contributed by atoms with Gasteiger partial charge in [-0.05, 0) is 87.7 Å². The van der Waals surface area contributed by atoms with Crippen LogP contribution < -0.4 is 5.19 Å². The molecule has 0 saturated carbocycles. The molecule has 299 valence electrons. The van der Waals surface area contributed by atoms with Crippen molar-refractivity contribution in [1.29, 1.82) is 0 Å². The largest absolute Gasteiger partial charge is 0.501 e. The summed E-state index contributed by atoms with van der Waals surface area (Å²) in [5.41, 5.74) is 8.40. The second-order valence-electron chi connectivity index (χ2n) is 16.0. The number of imidazole rings is 1. The third-order valence-electron chi connectivity index (χ3n) is 10.3. The zero-order valence-electron chi connectivity index (χ0n) is 44.1. The van der Waals surface area contributed by atoms with Crippen LogP contribution in [0.2, 0.25) is 19.6 Å². The fourth-order valence-electron chi connectivity index (χ4n) is 7.24. The van der Waals surface area contributed by atoms with Crippen LogP contribution in [-0.2, 0) is 20.1 Å². The number of benzene rings is 6. The molecule has 0 aliphatic rings. The molecule has 1 radical (unpaired) electrons. The Bertz CT molecular complexity index is 3280. The summed E-state index contributed by atoms with van der Waals surface area (Å²) in [7, 11) is -1.43. The molecule has 0 atom stereocenters. The third kappa shape index (κ3) is 8.40. The molecule has 0 bridgehead atoms. The van der Waals surface area contributed by atoms with Crippen molar-refractivity contribution in [2.24, 2.45) is 0 Å². The molecule has 4 nitrogen and oxygen atoms in total. The number of para-hydroxylation sites is 2. The minimum Gasteiger partial charge on any atom is -0.501 e. The molecule has 0 saturated heterocycles. The van der Waals surface area contributed by atoms with Crippen LogP contribution in [0.5, 0.6) is 0 Å². The summed E-state index contributed by atoms with van der Waals surface area (Å²) >= 11 is 0. The SMILES string of the molecule is [2H]C([2H])([2H])c1ccc2c(c1)oc1c(-c3nc4ccccc4n3-c3c(C([2H])(C)C)cc(-c4ccccc4)cc3C([2H])(C)C)[c-]ccc12.[2H]c1[c-]c(-c2ccc([Si](C)(C)C)cn2)cc([2H])c1C([2H])([2H])[2H].[Ir]. The summed E-state index contributed by atoms with van der Waals surface area (Å²) < 4.78 is 88.8. The Morgan fingerprint density at radius 1 is 0.763 bits per heavy atom. The van der Waals surface area contributed by atoms with Crippen LogP contribution in [-0.4, -0.2) is 22.6 Å². The van der Waals surface area contributed by atoms with Gasteiger partial charge in [0.25, 0.3) is 0 Å². The van der Waals surface area contributed by atoms with Crippen LogP contribution in [0.25, 0.3) is 72.4 Å². The van der Waals surface area contributed by atoms with E-state index < -0.39 is 33.6 Å². The third-order valence-corrected chi connectivity index (χ3v) is 12.4. The van der Waals surface area contributed by atoms with E-state index in [1.165, 1.54) is 11.3 Å². The average Bonchev–Trinajstić information content (AvgIpc) is 3.83. The molecule has 0 fully saturated rings. The molecular weight excluding hydrogens is 915 g/mol. The van der Waals surface area contributed by atoms with Crippen molar-refractivity contribution in [3.63, 3.8) is 0 Å². The van der Waals surface area contributed by atoms with Gasteiger partial charge in [0, 0.05) is 51.1 Å². The van der Waals surface area contributed by atoms with Gasteiger partial charge in [0.1, 0.15) is 5.58 Å². The van der Waals surface area contributed by atoms with Crippen LogP contribution in [0, 0.1) is 25.8 Å². The maximum Gasteiger partial charge on any atom is 0.121 e. The van der Waals surface area contributed by atoms with Gasteiger partial charge in [-0.2, -0.15) is 0 Å². The van der Waals surface area contributed by atoms with E-state index >= 15 is 0 Å². The number of rotatable bonds is 7. The molecule has 0 aliphatic carbocycles. The first kappa shape index (κ1) is 30.6. The van der Waals surface area contributed by atoms with Crippen LogP contribution in [0.4, 0.5) is 0 Å². The molecule has 59 heavy (non-hydrogen) atoms. The molecule has 9 rings (SSSR count). The number of hydrogen-bond donors (Lipinski definition) is 0. The summed E-state index contributed by atoms with van der Waals surface area (Å²) in [4.78, 5) is 9.51. The Morgan fingerprint density at radius 2 is 1.49 bits per heavy atom. The molecule has 0 aliphatic heterocycles. The van der Waals surface area contributed by atoms with Gasteiger partial charge in [0.15, 0.2) is 0 Å². The first-order chi connectivity index (χ1) is 31.7. The predicted molar refractivity (Wildman–Crippen MR) is 247 cm³/mol. The summed E-state index contributed by atoms with van der Waals surface area (Å²) in [6.45, 7) is 9.42. The van der Waals surface area contributed by atoms with E-state index in [1.807, 2.05) is 117 Å². The summed E-state index contributed by atoms with van der Waals surface area (Å²) in [5.74, 6) is -1.52. The van der Waals surface area contributed by atoms with Crippen LogP contribution >= 0.6 is 0 Å². The van der Waals surface area contributed by atoms with Crippen molar-refractivity contribution in [2.45, 2.75) is 72.8 Å². The Morgan fingerprint density at radius 3 is 2.15 bits per heavy atom. The van der Waals surface area contributed by atoms with Gasteiger partial charge in [0.2, 0.25) is 0 Å². The van der Waals surface area contributed by atoms with Crippen molar-refractivity contribution >= 4 is 46.2 Å². The maximum absolute atomic E-state index is 9.37. The summed E-state index contributed by atoms with van der Waals surface area (Å²) in [6.07, 6.45) is 1.82. The predicted octanol–water partition coefficient (Wildman–Crippen LogP) is 14.0. The van der Waals surface area contributed by atoms with Gasteiger partial charge in [-0.3, -0.25) is 4.98 Å². The van der Waals surface area contributed by atoms with Crippen molar-refractivity contribution in [2.75, 3.05) is 0 Å². The molecule has 0 N–H and O–H groups in total. The molecule has 0 unspecified atom stereocenters. The Labute approximate surface area is 377 Å². The maximum atomic E-state index is 9.37. The van der Waals surface area contributed by atoms with E-state index in [0.717, 1.165) is 49.7 Å². The van der Waals surface area contributed by atoms with Crippen LogP contribution in [0.3, 0.4) is 0 Å². The quantitative estimate of drug-likeness (QED) is 0.118. The molecule has 0 spiro atoms. The number of furan rings is 1. The van der Waals surface area contributed by atoms with Gasteiger partial charge in [-0.25, -0.2) is 0 Å². The molecule has 0 amide bonds. The Kier molecular flexibility index (Phi) is 8.86. The van der Waals surface area contributed by atoms with Crippen molar-refractivity contribution in [3.8, 4) is 39.5 Å². The fraction of sp³-hybridized carbons (Fsp3) is 0.208. The number of pyridine rings is 1. The summed E-state index contributed by atoms with van der Waals surface area (Å²) in [5, 5.41) is 2.84. The van der Waals surface area contributed by atoms with Gasteiger partial charge < -0.3 is 14.0 Å². The minimum atomic E-state index is -2.47. The summed E-state index contributed by atoms with van der Waals surface area (Å²) in [6, 6.07) is 41.7. The fourth-order valence-corrected chi connectivity index (χ4v) is 8.28. The molecule has 6 aromatic carbocycles. The van der Waals surface area contributed by atoms with Gasteiger partial charge in [0.05, 0.1) is 30.5 Å². The number of nitrogens with zero attached hydrogens (tertiary/aromatic N) is 3. The van der Waals surface area contributed by atoms with E-state index in [2.05, 4.69) is 48.9 Å². The van der Waals surface area contributed by atoms with Gasteiger partial charge >= 0.3 is 0 Å². The van der Waals surface area contributed by atoms with E-state index in [-0.39, 0.29) is 43.3 Å². The van der Waals surface area contributed by atoms with Crippen molar-refractivity contribution < 1.29 is 38.2 Å². The average molecular weight is 976 g/mol. The van der Waals surface area contributed by atoms with E-state index in [0.29, 0.717) is 33.8 Å². The topological polar surface area (TPSA) is 43.9 Å². The van der Waals surface area contributed by atoms with Crippen molar-refractivity contribution in [1.82, 2.24) is 14.5 Å². The molecule has 9 aromatic rings. The van der Waals surface area contributed by atoms with E-state index in [1.54, 1.807) is 18.2 Å². The second kappa shape index (κ2) is 17.1. The van der Waals surface area contributed by atoms with E-state index in [9.17, 15) is 2.74 Å². The van der Waals surface area contributed by atoms with E-state index in [4.69, 9.17) is 20.4 Å². The van der Waals surface area contributed by atoms with Crippen molar-refractivity contribution in [3.05, 3.63) is 168 Å². The molecule has 3 aromatic heterocycles. The van der Waals surface area contributed by atoms with Crippen LogP contribution in [0.1, 0.15) is 75.4 Å². The standard InChI is InChI=1S/C38H33N2O.C15H18NSi.Ir/c1-23(2)31-21-27(26-12-7-6-8-13-26)22-32(24(3)4)36(31)40-34-17-10-9-16-33(34)39-38(40)30-15-11-14-29-28-19-18-25(5)20-35(28)41-37(29)30;1-12-5-7-13(8-6-12)15-10-9-14(11-16-15)17(2,3)4;/h6-14,16-24H,1-5H3;5-7,9-11H,1-4H3;/q2*-1;/i5D3,23D,24D;1D3,5D,6D;. The second-order valence-corrected chi connectivity index (χ2v) is 21.0. The molecular formula is C53H51IrN3OSi-2. The number of hydrogen-bond acceptors (Lipinski definition) is 3. The van der Waals surface area contributed by atoms with Gasteiger partial charge in [-0.1, -0.05) is 132 Å². The number of fused-ring (bicyclic) bond motifs is 4. The number of aromatic nitrogens is 3. The first-order valence-corrected chi connectivity index (χ1v) is 22.8. The number of aryl methyl sites for hydroxylation is 1. The monoisotopic (exact) mass is 976 g/mol. The van der Waals surface area contributed by atoms with Gasteiger partial charge in [-0.15, -0.1) is 53.5 Å². The normalized spacial score (nSPS) is 14.9. The minimum absolute atomic E-state index is 0. The smallest absolute Gasteiger partial charge is 0.121 e.